The maximum absolute atomic E-state index is 10.1. The van der Waals surface area contributed by atoms with Crippen molar-refractivity contribution < 1.29 is 5.11 Å². The van der Waals surface area contributed by atoms with E-state index in [2.05, 4.69) is 25.3 Å². The second-order valence-corrected chi connectivity index (χ2v) is 5.38. The quantitative estimate of drug-likeness (QED) is 0.788. The zero-order valence-corrected chi connectivity index (χ0v) is 9.40. The average Bonchev–Trinajstić information content (AvgIpc) is 2.34. The summed E-state index contributed by atoms with van der Waals surface area (Å²) in [5.74, 6) is 0.551. The molecular weight excluding hydrogens is 180 g/mol. The van der Waals surface area contributed by atoms with Gasteiger partial charge in [-0.05, 0) is 30.7 Å². The van der Waals surface area contributed by atoms with E-state index in [4.69, 9.17) is 0 Å². The van der Waals surface area contributed by atoms with E-state index in [1.165, 1.54) is 4.88 Å². The molecule has 0 aromatic carbocycles. The van der Waals surface area contributed by atoms with Crippen LogP contribution in [0.4, 0.5) is 0 Å². The van der Waals surface area contributed by atoms with Crippen molar-refractivity contribution in [1.29, 1.82) is 0 Å². The van der Waals surface area contributed by atoms with Crippen molar-refractivity contribution in [3.63, 3.8) is 0 Å². The molecule has 0 radical (unpaired) electrons. The molecule has 1 unspecified atom stereocenters. The molecule has 1 heterocycles. The molecule has 74 valence electrons. The fourth-order valence-electron chi connectivity index (χ4n) is 1.74. The van der Waals surface area contributed by atoms with Gasteiger partial charge >= 0.3 is 0 Å². The topological polar surface area (TPSA) is 20.2 Å². The van der Waals surface area contributed by atoms with Crippen LogP contribution in [0, 0.1) is 5.92 Å². The molecular formula is C11H18OS. The minimum Gasteiger partial charge on any atom is -0.390 e. The van der Waals surface area contributed by atoms with Crippen LogP contribution in [-0.4, -0.2) is 10.7 Å². The molecule has 0 fully saturated rings. The first kappa shape index (κ1) is 10.7. The molecule has 1 rings (SSSR count). The highest BCUT2D eigenvalue weighted by Gasteiger charge is 2.22. The molecule has 0 saturated heterocycles. The van der Waals surface area contributed by atoms with Crippen LogP contribution in [0.1, 0.15) is 32.1 Å². The molecule has 1 aromatic heterocycles. The van der Waals surface area contributed by atoms with Crippen LogP contribution >= 0.6 is 11.3 Å². The van der Waals surface area contributed by atoms with Gasteiger partial charge in [-0.3, -0.25) is 0 Å². The molecule has 0 aliphatic rings. The molecule has 1 nitrogen and oxygen atoms in total. The van der Waals surface area contributed by atoms with Crippen molar-refractivity contribution in [2.45, 2.75) is 39.2 Å². The van der Waals surface area contributed by atoms with E-state index in [0.717, 1.165) is 12.8 Å². The molecule has 1 aromatic rings. The average molecular weight is 198 g/mol. The maximum Gasteiger partial charge on any atom is 0.0670 e. The summed E-state index contributed by atoms with van der Waals surface area (Å²) in [5, 5.41) is 12.1. The third-order valence-electron chi connectivity index (χ3n) is 1.98. The highest BCUT2D eigenvalue weighted by molar-refractivity contribution is 7.09. The first-order valence-corrected chi connectivity index (χ1v) is 5.62. The minimum atomic E-state index is -0.543. The highest BCUT2D eigenvalue weighted by Crippen LogP contribution is 2.23. The van der Waals surface area contributed by atoms with Crippen LogP contribution in [0.25, 0.3) is 0 Å². The zero-order valence-electron chi connectivity index (χ0n) is 8.58. The molecule has 1 N–H and O–H groups in total. The van der Waals surface area contributed by atoms with E-state index < -0.39 is 5.60 Å². The smallest absolute Gasteiger partial charge is 0.0670 e. The van der Waals surface area contributed by atoms with Crippen LogP contribution in [0.15, 0.2) is 17.5 Å². The van der Waals surface area contributed by atoms with Gasteiger partial charge in [0.15, 0.2) is 0 Å². The van der Waals surface area contributed by atoms with Gasteiger partial charge in [0.05, 0.1) is 5.60 Å². The number of hydrogen-bond acceptors (Lipinski definition) is 2. The lowest BCUT2D eigenvalue weighted by Gasteiger charge is -2.24. The summed E-state index contributed by atoms with van der Waals surface area (Å²) >= 11 is 1.72. The Labute approximate surface area is 84.4 Å². The Kier molecular flexibility index (Phi) is 3.51. The molecule has 0 amide bonds. The Morgan fingerprint density at radius 3 is 2.69 bits per heavy atom. The fraction of sp³-hybridized carbons (Fsp3) is 0.636. The summed E-state index contributed by atoms with van der Waals surface area (Å²) in [6.45, 7) is 6.21. The third kappa shape index (κ3) is 3.92. The van der Waals surface area contributed by atoms with E-state index in [9.17, 15) is 5.11 Å². The van der Waals surface area contributed by atoms with Crippen molar-refractivity contribution in [2.75, 3.05) is 0 Å². The Balaban J connectivity index is 2.51. The summed E-state index contributed by atoms with van der Waals surface area (Å²) in [6.07, 6.45) is 1.65. The van der Waals surface area contributed by atoms with Gasteiger partial charge in [-0.15, -0.1) is 11.3 Å². The van der Waals surface area contributed by atoms with Crippen molar-refractivity contribution in [1.82, 2.24) is 0 Å². The van der Waals surface area contributed by atoms with Crippen LogP contribution in [-0.2, 0) is 6.42 Å². The van der Waals surface area contributed by atoms with Crippen molar-refractivity contribution in [2.24, 2.45) is 5.92 Å². The van der Waals surface area contributed by atoms with Gasteiger partial charge < -0.3 is 5.11 Å². The molecule has 1 atom stereocenters. The first-order chi connectivity index (χ1) is 5.99. The van der Waals surface area contributed by atoms with Gasteiger partial charge in [-0.25, -0.2) is 0 Å². The summed E-state index contributed by atoms with van der Waals surface area (Å²) in [6, 6.07) is 4.12. The predicted molar refractivity (Wildman–Crippen MR) is 58.1 cm³/mol. The summed E-state index contributed by atoms with van der Waals surface area (Å²) in [5.41, 5.74) is -0.543. The lowest BCUT2D eigenvalue weighted by Crippen LogP contribution is -2.28. The predicted octanol–water partition coefficient (Wildman–Crippen LogP) is 3.09. The highest BCUT2D eigenvalue weighted by atomic mass is 32.1. The first-order valence-electron chi connectivity index (χ1n) is 4.74. The SMILES string of the molecule is CC(C)CC(C)(O)Cc1cccs1. The molecule has 2 heteroatoms. The summed E-state index contributed by atoms with van der Waals surface area (Å²) in [7, 11) is 0. The molecule has 0 aliphatic heterocycles. The third-order valence-corrected chi connectivity index (χ3v) is 2.86. The Morgan fingerprint density at radius 2 is 2.23 bits per heavy atom. The molecule has 0 saturated carbocycles. The van der Waals surface area contributed by atoms with Gasteiger partial charge in [0.1, 0.15) is 0 Å². The van der Waals surface area contributed by atoms with Gasteiger partial charge in [0, 0.05) is 11.3 Å². The number of thiophene rings is 1. The van der Waals surface area contributed by atoms with Crippen molar-refractivity contribution in [3.05, 3.63) is 22.4 Å². The largest absolute Gasteiger partial charge is 0.390 e. The normalized spacial score (nSPS) is 16.1. The number of hydrogen-bond donors (Lipinski definition) is 1. The molecule has 0 bridgehead atoms. The Morgan fingerprint density at radius 1 is 1.54 bits per heavy atom. The van der Waals surface area contributed by atoms with Gasteiger partial charge in [0.2, 0.25) is 0 Å². The summed E-state index contributed by atoms with van der Waals surface area (Å²) < 4.78 is 0. The van der Waals surface area contributed by atoms with Crippen LogP contribution < -0.4 is 0 Å². The second-order valence-electron chi connectivity index (χ2n) is 4.35. The van der Waals surface area contributed by atoms with E-state index in [-0.39, 0.29) is 0 Å². The van der Waals surface area contributed by atoms with Crippen LogP contribution in [0.3, 0.4) is 0 Å². The number of rotatable bonds is 4. The maximum atomic E-state index is 10.1. The monoisotopic (exact) mass is 198 g/mol. The van der Waals surface area contributed by atoms with E-state index in [0.29, 0.717) is 5.92 Å². The Hall–Kier alpha value is -0.340. The second kappa shape index (κ2) is 4.25. The lowest BCUT2D eigenvalue weighted by atomic mass is 9.91. The van der Waals surface area contributed by atoms with Gasteiger partial charge in [-0.1, -0.05) is 19.9 Å². The Bertz CT molecular complexity index is 237. The van der Waals surface area contributed by atoms with E-state index in [1.807, 2.05) is 13.0 Å². The zero-order chi connectivity index (χ0) is 9.90. The number of aliphatic hydroxyl groups is 1. The van der Waals surface area contributed by atoms with Gasteiger partial charge in [-0.2, -0.15) is 0 Å². The molecule has 13 heavy (non-hydrogen) atoms. The van der Waals surface area contributed by atoms with Crippen LogP contribution in [0.2, 0.25) is 0 Å². The van der Waals surface area contributed by atoms with Gasteiger partial charge in [0.25, 0.3) is 0 Å². The lowest BCUT2D eigenvalue weighted by molar-refractivity contribution is 0.0396. The van der Waals surface area contributed by atoms with E-state index >= 15 is 0 Å². The minimum absolute atomic E-state index is 0.543. The van der Waals surface area contributed by atoms with E-state index in [1.54, 1.807) is 11.3 Å². The standard InChI is InChI=1S/C11H18OS/c1-9(2)7-11(3,12)8-10-5-4-6-13-10/h4-6,9,12H,7-8H2,1-3H3. The molecule has 0 aliphatic carbocycles. The molecule has 0 spiro atoms. The fourth-order valence-corrected chi connectivity index (χ4v) is 2.62. The van der Waals surface area contributed by atoms with Crippen LogP contribution in [0.5, 0.6) is 0 Å². The van der Waals surface area contributed by atoms with Crippen molar-refractivity contribution in [3.8, 4) is 0 Å². The van der Waals surface area contributed by atoms with Crippen molar-refractivity contribution >= 4 is 11.3 Å². The summed E-state index contributed by atoms with van der Waals surface area (Å²) in [4.78, 5) is 1.27.